The van der Waals surface area contributed by atoms with E-state index in [0.29, 0.717) is 18.2 Å². The summed E-state index contributed by atoms with van der Waals surface area (Å²) in [5.41, 5.74) is 0.104. The Hall–Kier alpha value is -1.60. The Balaban J connectivity index is 1.93. The molecule has 1 unspecified atom stereocenters. The van der Waals surface area contributed by atoms with Crippen LogP contribution in [-0.4, -0.2) is 36.4 Å². The van der Waals surface area contributed by atoms with Crippen molar-refractivity contribution in [2.75, 3.05) is 18.5 Å². The van der Waals surface area contributed by atoms with Crippen molar-refractivity contribution in [1.82, 2.24) is 5.32 Å². The van der Waals surface area contributed by atoms with E-state index in [1.165, 1.54) is 17.4 Å². The Labute approximate surface area is 102 Å². The maximum atomic E-state index is 11.6. The molecule has 1 aliphatic rings. The molecule has 7 heteroatoms. The molecule has 0 spiro atoms. The molecule has 0 aliphatic carbocycles. The van der Waals surface area contributed by atoms with Crippen molar-refractivity contribution in [3.05, 3.63) is 17.0 Å². The second kappa shape index (κ2) is 5.15. The molecule has 3 N–H and O–H groups in total. The number of nitrogens with one attached hydrogen (secondary N) is 2. The molecule has 2 amide bonds. The van der Waals surface area contributed by atoms with Crippen molar-refractivity contribution in [3.63, 3.8) is 0 Å². The number of carbonyl (C=O) groups excluding carboxylic acids is 1. The number of anilines is 1. The van der Waals surface area contributed by atoms with Crippen molar-refractivity contribution in [1.29, 1.82) is 0 Å². The molecule has 2 rings (SSSR count). The van der Waals surface area contributed by atoms with Gasteiger partial charge in [-0.1, -0.05) is 0 Å². The summed E-state index contributed by atoms with van der Waals surface area (Å²) in [5.74, 6) is -1.05. The van der Waals surface area contributed by atoms with Crippen LogP contribution in [0.1, 0.15) is 16.8 Å². The van der Waals surface area contributed by atoms with Gasteiger partial charge >= 0.3 is 12.0 Å². The van der Waals surface area contributed by atoms with Crippen molar-refractivity contribution in [3.8, 4) is 0 Å². The van der Waals surface area contributed by atoms with Gasteiger partial charge in [0.1, 0.15) is 5.00 Å². The van der Waals surface area contributed by atoms with Gasteiger partial charge in [0, 0.05) is 6.61 Å². The fraction of sp³-hybridized carbons (Fsp3) is 0.400. The normalized spacial score (nSPS) is 18.9. The van der Waals surface area contributed by atoms with Crippen LogP contribution in [0.5, 0.6) is 0 Å². The highest BCUT2D eigenvalue weighted by Gasteiger charge is 2.19. The molecule has 1 fully saturated rings. The highest BCUT2D eigenvalue weighted by molar-refractivity contribution is 7.14. The second-order valence-electron chi connectivity index (χ2n) is 3.63. The summed E-state index contributed by atoms with van der Waals surface area (Å²) >= 11 is 1.18. The molecule has 0 saturated carbocycles. The van der Waals surface area contributed by atoms with Crippen LogP contribution in [-0.2, 0) is 4.74 Å². The summed E-state index contributed by atoms with van der Waals surface area (Å²) in [6.07, 6.45) is 0.781. The van der Waals surface area contributed by atoms with Gasteiger partial charge in [-0.3, -0.25) is 5.32 Å². The average Bonchev–Trinajstić information content (AvgIpc) is 2.88. The Bertz CT molecular complexity index is 426. The van der Waals surface area contributed by atoms with Crippen molar-refractivity contribution < 1.29 is 19.4 Å². The zero-order valence-electron chi connectivity index (χ0n) is 8.93. The summed E-state index contributed by atoms with van der Waals surface area (Å²) in [6, 6.07) is 1.06. The predicted molar refractivity (Wildman–Crippen MR) is 62.7 cm³/mol. The fourth-order valence-electron chi connectivity index (χ4n) is 1.55. The number of rotatable bonds is 3. The van der Waals surface area contributed by atoms with Gasteiger partial charge < -0.3 is 15.2 Å². The van der Waals surface area contributed by atoms with Gasteiger partial charge in [-0.05, 0) is 17.9 Å². The molecule has 1 aromatic heterocycles. The van der Waals surface area contributed by atoms with Crippen molar-refractivity contribution >= 4 is 28.3 Å². The highest BCUT2D eigenvalue weighted by atomic mass is 32.1. The lowest BCUT2D eigenvalue weighted by Crippen LogP contribution is -2.38. The second-order valence-corrected chi connectivity index (χ2v) is 4.54. The summed E-state index contributed by atoms with van der Waals surface area (Å²) in [7, 11) is 0. The lowest BCUT2D eigenvalue weighted by molar-refractivity contribution is 0.0698. The van der Waals surface area contributed by atoms with Gasteiger partial charge in [-0.15, -0.1) is 11.3 Å². The number of thiophene rings is 1. The van der Waals surface area contributed by atoms with Gasteiger partial charge in [-0.2, -0.15) is 0 Å². The number of hydrogen-bond donors (Lipinski definition) is 3. The standard InChI is InChI=1S/C10H12N2O4S/c13-9(14)7-2-4-17-8(7)12-10(15)11-6-1-3-16-5-6/h2,4,6H,1,3,5H2,(H,13,14)(H2,11,12,15). The number of amides is 2. The minimum atomic E-state index is -1.05. The molecule has 17 heavy (non-hydrogen) atoms. The van der Waals surface area contributed by atoms with E-state index in [2.05, 4.69) is 10.6 Å². The van der Waals surface area contributed by atoms with Gasteiger partial charge in [0.25, 0.3) is 0 Å². The number of aromatic carboxylic acids is 1. The first-order chi connectivity index (χ1) is 8.16. The minimum Gasteiger partial charge on any atom is -0.478 e. The predicted octanol–water partition coefficient (Wildman–Crippen LogP) is 1.36. The number of ether oxygens (including phenoxy) is 1. The van der Waals surface area contributed by atoms with Crippen molar-refractivity contribution in [2.45, 2.75) is 12.5 Å². The lowest BCUT2D eigenvalue weighted by Gasteiger charge is -2.11. The number of hydrogen-bond acceptors (Lipinski definition) is 4. The number of carbonyl (C=O) groups is 2. The first-order valence-corrected chi connectivity index (χ1v) is 6.01. The zero-order chi connectivity index (χ0) is 12.3. The van der Waals surface area contributed by atoms with Crippen LogP contribution in [0.4, 0.5) is 9.80 Å². The maximum absolute atomic E-state index is 11.6. The first kappa shape index (κ1) is 11.9. The minimum absolute atomic E-state index is 0.00300. The third-order valence-electron chi connectivity index (χ3n) is 2.39. The van der Waals surface area contributed by atoms with Gasteiger partial charge in [0.15, 0.2) is 0 Å². The maximum Gasteiger partial charge on any atom is 0.338 e. The molecule has 1 aromatic rings. The van der Waals surface area contributed by atoms with Gasteiger partial charge in [0.05, 0.1) is 18.2 Å². The molecule has 1 saturated heterocycles. The third-order valence-corrected chi connectivity index (χ3v) is 3.22. The van der Waals surface area contributed by atoms with Crippen LogP contribution in [0.25, 0.3) is 0 Å². The van der Waals surface area contributed by atoms with E-state index < -0.39 is 12.0 Å². The largest absolute Gasteiger partial charge is 0.478 e. The monoisotopic (exact) mass is 256 g/mol. The van der Waals surface area contributed by atoms with E-state index in [1.807, 2.05) is 0 Å². The summed E-state index contributed by atoms with van der Waals surface area (Å²) in [6.45, 7) is 1.15. The summed E-state index contributed by atoms with van der Waals surface area (Å²) in [5, 5.41) is 16.1. The molecule has 1 atom stereocenters. The lowest BCUT2D eigenvalue weighted by atomic mass is 10.3. The molecule has 2 heterocycles. The van der Waals surface area contributed by atoms with Crippen LogP contribution < -0.4 is 10.6 Å². The number of carboxylic acids is 1. The van der Waals surface area contributed by atoms with E-state index in [9.17, 15) is 9.59 Å². The van der Waals surface area contributed by atoms with Crippen LogP contribution >= 0.6 is 11.3 Å². The zero-order valence-corrected chi connectivity index (χ0v) is 9.75. The third kappa shape index (κ3) is 2.95. The molecular formula is C10H12N2O4S. The van der Waals surface area contributed by atoms with Gasteiger partial charge in [0.2, 0.25) is 0 Å². The number of urea groups is 1. The molecular weight excluding hydrogens is 244 g/mol. The van der Waals surface area contributed by atoms with Crippen molar-refractivity contribution in [2.24, 2.45) is 0 Å². The molecule has 6 nitrogen and oxygen atoms in total. The molecule has 92 valence electrons. The topological polar surface area (TPSA) is 87.7 Å². The van der Waals surface area contributed by atoms with Crippen LogP contribution in [0.2, 0.25) is 0 Å². The summed E-state index contributed by atoms with van der Waals surface area (Å²) in [4.78, 5) is 22.4. The molecule has 0 radical (unpaired) electrons. The molecule has 0 aromatic carbocycles. The molecule has 1 aliphatic heterocycles. The molecule has 0 bridgehead atoms. The number of carboxylic acid groups (broad SMARTS) is 1. The Morgan fingerprint density at radius 3 is 3.00 bits per heavy atom. The highest BCUT2D eigenvalue weighted by Crippen LogP contribution is 2.22. The van der Waals surface area contributed by atoms with Crippen LogP contribution in [0, 0.1) is 0 Å². The first-order valence-electron chi connectivity index (χ1n) is 5.13. The quantitative estimate of drug-likeness (QED) is 0.762. The van der Waals surface area contributed by atoms with Crippen LogP contribution in [0.3, 0.4) is 0 Å². The Morgan fingerprint density at radius 1 is 1.53 bits per heavy atom. The Morgan fingerprint density at radius 2 is 2.35 bits per heavy atom. The average molecular weight is 256 g/mol. The van der Waals surface area contributed by atoms with E-state index in [-0.39, 0.29) is 11.6 Å². The summed E-state index contributed by atoms with van der Waals surface area (Å²) < 4.78 is 5.12. The Kier molecular flexibility index (Phi) is 3.60. The van der Waals surface area contributed by atoms with E-state index in [4.69, 9.17) is 9.84 Å². The van der Waals surface area contributed by atoms with E-state index in [1.54, 1.807) is 5.38 Å². The van der Waals surface area contributed by atoms with E-state index >= 15 is 0 Å². The van der Waals surface area contributed by atoms with Crippen LogP contribution in [0.15, 0.2) is 11.4 Å². The van der Waals surface area contributed by atoms with Gasteiger partial charge in [-0.25, -0.2) is 9.59 Å². The fourth-order valence-corrected chi connectivity index (χ4v) is 2.32. The van der Waals surface area contributed by atoms with E-state index in [0.717, 1.165) is 6.42 Å². The SMILES string of the molecule is O=C(Nc1sccc1C(=O)O)NC1CCOC1. The smallest absolute Gasteiger partial charge is 0.338 e.